The third-order valence-corrected chi connectivity index (χ3v) is 2.10. The second-order valence-electron chi connectivity index (χ2n) is 3.37. The van der Waals surface area contributed by atoms with Crippen molar-refractivity contribution in [3.05, 3.63) is 11.3 Å². The van der Waals surface area contributed by atoms with E-state index in [9.17, 15) is 13.6 Å². The summed E-state index contributed by atoms with van der Waals surface area (Å²) < 4.78 is 33.2. The molecule has 1 N–H and O–H groups in total. The highest BCUT2D eigenvalue weighted by Gasteiger charge is 2.41. The molecule has 1 rings (SSSR count). The van der Waals surface area contributed by atoms with Crippen LogP contribution in [0.5, 0.6) is 5.88 Å². The Morgan fingerprint density at radius 1 is 1.62 bits per heavy atom. The first-order valence-electron chi connectivity index (χ1n) is 4.47. The monoisotopic (exact) mass is 234 g/mol. The fourth-order valence-electron chi connectivity index (χ4n) is 1.57. The number of hydrogen-bond acceptors (Lipinski definition) is 3. The summed E-state index contributed by atoms with van der Waals surface area (Å²) in [6.45, 7) is 1.38. The lowest BCUT2D eigenvalue weighted by molar-refractivity contribution is -0.145. The van der Waals surface area contributed by atoms with Gasteiger partial charge in [0.2, 0.25) is 5.88 Å². The smallest absolute Gasteiger partial charge is 0.309 e. The Hall–Kier alpha value is -1.66. The van der Waals surface area contributed by atoms with Crippen LogP contribution in [0.2, 0.25) is 0 Å². The Labute approximate surface area is 90.6 Å². The van der Waals surface area contributed by atoms with Crippen molar-refractivity contribution in [3.8, 4) is 5.88 Å². The fraction of sp³-hybridized carbons (Fsp3) is 0.556. The summed E-state index contributed by atoms with van der Waals surface area (Å²) in [6, 6.07) is 0. The molecule has 0 amide bonds. The van der Waals surface area contributed by atoms with E-state index in [4.69, 9.17) is 9.84 Å². The minimum atomic E-state index is -3.49. The fourth-order valence-corrected chi connectivity index (χ4v) is 1.57. The molecule has 1 aromatic heterocycles. The van der Waals surface area contributed by atoms with E-state index in [0.717, 1.165) is 4.68 Å². The molecule has 7 heteroatoms. The minimum Gasteiger partial charge on any atom is -0.481 e. The van der Waals surface area contributed by atoms with Crippen molar-refractivity contribution < 1.29 is 23.4 Å². The number of carboxylic acids is 1. The van der Waals surface area contributed by atoms with Gasteiger partial charge in [0.15, 0.2) is 0 Å². The molecule has 0 aliphatic carbocycles. The molecule has 0 fully saturated rings. The third kappa shape index (κ3) is 2.12. The molecule has 0 aliphatic rings. The zero-order valence-electron chi connectivity index (χ0n) is 9.12. The van der Waals surface area contributed by atoms with Gasteiger partial charge in [-0.05, 0) is 6.92 Å². The van der Waals surface area contributed by atoms with Crippen LogP contribution < -0.4 is 4.74 Å². The number of methoxy groups -OCH3 is 1. The van der Waals surface area contributed by atoms with E-state index < -0.39 is 23.9 Å². The molecule has 5 nitrogen and oxygen atoms in total. The van der Waals surface area contributed by atoms with Gasteiger partial charge in [-0.25, -0.2) is 13.5 Å². The van der Waals surface area contributed by atoms with Crippen LogP contribution in [0, 0.1) is 6.92 Å². The van der Waals surface area contributed by atoms with Gasteiger partial charge in [-0.2, -0.15) is 5.10 Å². The molecule has 1 heterocycles. The van der Waals surface area contributed by atoms with E-state index in [2.05, 4.69) is 5.10 Å². The van der Waals surface area contributed by atoms with E-state index in [1.165, 1.54) is 21.1 Å². The van der Waals surface area contributed by atoms with Crippen LogP contribution in [0.3, 0.4) is 0 Å². The molecule has 1 aromatic rings. The summed E-state index contributed by atoms with van der Waals surface area (Å²) in [5, 5.41) is 12.2. The Kier molecular flexibility index (Phi) is 3.16. The second kappa shape index (κ2) is 4.07. The normalized spacial score (nSPS) is 11.6. The molecule has 0 saturated heterocycles. The standard InChI is InChI=1S/C9H12F2N2O3/c1-5-7(8(16-3)13(2)12-5)9(10,11)4-6(14)15/h4H2,1-3H3,(H,14,15). The van der Waals surface area contributed by atoms with Gasteiger partial charge in [0.05, 0.1) is 12.8 Å². The number of halogens is 2. The molecule has 0 saturated carbocycles. The number of aryl methyl sites for hydroxylation is 2. The zero-order chi connectivity index (χ0) is 12.5. The van der Waals surface area contributed by atoms with Gasteiger partial charge in [-0.1, -0.05) is 0 Å². The first-order valence-corrected chi connectivity index (χ1v) is 4.47. The van der Waals surface area contributed by atoms with Crippen molar-refractivity contribution in [1.29, 1.82) is 0 Å². The van der Waals surface area contributed by atoms with Crippen molar-refractivity contribution in [3.63, 3.8) is 0 Å². The Bertz CT molecular complexity index is 415. The van der Waals surface area contributed by atoms with Crippen LogP contribution >= 0.6 is 0 Å². The molecule has 16 heavy (non-hydrogen) atoms. The molecule has 0 spiro atoms. The quantitative estimate of drug-likeness (QED) is 0.852. The van der Waals surface area contributed by atoms with Crippen LogP contribution in [-0.4, -0.2) is 28.0 Å². The summed E-state index contributed by atoms with van der Waals surface area (Å²) in [5.74, 6) is -5.19. The van der Waals surface area contributed by atoms with Gasteiger partial charge >= 0.3 is 5.97 Å². The number of carboxylic acid groups (broad SMARTS) is 1. The number of ether oxygens (including phenoxy) is 1. The molecular weight excluding hydrogens is 222 g/mol. The van der Waals surface area contributed by atoms with Gasteiger partial charge < -0.3 is 9.84 Å². The maximum atomic E-state index is 13.6. The van der Waals surface area contributed by atoms with Crippen molar-refractivity contribution in [2.75, 3.05) is 7.11 Å². The third-order valence-electron chi connectivity index (χ3n) is 2.10. The zero-order valence-corrected chi connectivity index (χ0v) is 9.12. The first-order chi connectivity index (χ1) is 7.29. The van der Waals surface area contributed by atoms with Crippen molar-refractivity contribution >= 4 is 5.97 Å². The predicted molar refractivity (Wildman–Crippen MR) is 50.6 cm³/mol. The SMILES string of the molecule is COc1c(C(F)(F)CC(=O)O)c(C)nn1C. The van der Waals surface area contributed by atoms with Gasteiger partial charge in [0.25, 0.3) is 5.92 Å². The van der Waals surface area contributed by atoms with Crippen molar-refractivity contribution in [2.45, 2.75) is 19.3 Å². The maximum Gasteiger partial charge on any atom is 0.309 e. The van der Waals surface area contributed by atoms with E-state index in [1.54, 1.807) is 0 Å². The molecule has 0 unspecified atom stereocenters. The minimum absolute atomic E-state index is 0.0607. The number of hydrogen-bond donors (Lipinski definition) is 1. The molecule has 90 valence electrons. The van der Waals surface area contributed by atoms with E-state index >= 15 is 0 Å². The molecule has 0 atom stereocenters. The van der Waals surface area contributed by atoms with Crippen LogP contribution in [-0.2, 0) is 17.8 Å². The van der Waals surface area contributed by atoms with E-state index in [0.29, 0.717) is 0 Å². The average Bonchev–Trinajstić information content (AvgIpc) is 2.38. The van der Waals surface area contributed by atoms with Crippen LogP contribution in [0.15, 0.2) is 0 Å². The summed E-state index contributed by atoms with van der Waals surface area (Å²) >= 11 is 0. The summed E-state index contributed by atoms with van der Waals surface area (Å²) in [6.07, 6.45) is -1.28. The molecular formula is C9H12F2N2O3. The lowest BCUT2D eigenvalue weighted by atomic mass is 10.1. The molecule has 0 aromatic carbocycles. The Morgan fingerprint density at radius 3 is 2.62 bits per heavy atom. The Morgan fingerprint density at radius 2 is 2.19 bits per heavy atom. The summed E-state index contributed by atoms with van der Waals surface area (Å²) in [4.78, 5) is 10.4. The maximum absolute atomic E-state index is 13.6. The second-order valence-corrected chi connectivity index (χ2v) is 3.37. The van der Waals surface area contributed by atoms with Crippen LogP contribution in [0.25, 0.3) is 0 Å². The molecule has 0 aliphatic heterocycles. The van der Waals surface area contributed by atoms with Crippen LogP contribution in [0.4, 0.5) is 8.78 Å². The van der Waals surface area contributed by atoms with Crippen LogP contribution in [0.1, 0.15) is 17.7 Å². The molecule has 0 bridgehead atoms. The highest BCUT2D eigenvalue weighted by atomic mass is 19.3. The average molecular weight is 234 g/mol. The van der Waals surface area contributed by atoms with Gasteiger partial charge in [-0.3, -0.25) is 4.79 Å². The number of rotatable bonds is 4. The predicted octanol–water partition coefficient (Wildman–Crippen LogP) is 1.30. The van der Waals surface area contributed by atoms with E-state index in [1.807, 2.05) is 0 Å². The number of alkyl halides is 2. The number of aromatic nitrogens is 2. The van der Waals surface area contributed by atoms with Gasteiger partial charge in [0, 0.05) is 7.05 Å². The lowest BCUT2D eigenvalue weighted by Crippen LogP contribution is -2.20. The Balaban J connectivity index is 3.25. The van der Waals surface area contributed by atoms with Gasteiger partial charge in [-0.15, -0.1) is 0 Å². The lowest BCUT2D eigenvalue weighted by Gasteiger charge is -2.14. The van der Waals surface area contributed by atoms with Crippen molar-refractivity contribution in [1.82, 2.24) is 9.78 Å². The first kappa shape index (κ1) is 12.4. The summed E-state index contributed by atoms with van der Waals surface area (Å²) in [5.41, 5.74) is -0.412. The summed E-state index contributed by atoms with van der Waals surface area (Å²) in [7, 11) is 2.68. The van der Waals surface area contributed by atoms with Crippen molar-refractivity contribution in [2.24, 2.45) is 7.05 Å². The molecule has 0 radical (unpaired) electrons. The number of nitrogens with zero attached hydrogens (tertiary/aromatic N) is 2. The van der Waals surface area contributed by atoms with E-state index in [-0.39, 0.29) is 11.6 Å². The highest BCUT2D eigenvalue weighted by molar-refractivity contribution is 5.68. The van der Waals surface area contributed by atoms with Gasteiger partial charge in [0.1, 0.15) is 12.0 Å². The highest BCUT2D eigenvalue weighted by Crippen LogP contribution is 2.39. The topological polar surface area (TPSA) is 64.3 Å². The number of carbonyl (C=O) groups is 1. The largest absolute Gasteiger partial charge is 0.481 e. The number of aliphatic carboxylic acids is 1.